The first-order chi connectivity index (χ1) is 9.36. The second-order valence-electron chi connectivity index (χ2n) is 4.12. The van der Waals surface area contributed by atoms with Crippen molar-refractivity contribution in [2.75, 3.05) is 0 Å². The first kappa shape index (κ1) is 17.8. The standard InChI is InChI=1S/C13H12N2O4S.Na/c1-9-8-11(16)4-7-13(9)15-14-10-2-5-12(6-3-10)20(17,18)19;/h2-8,16H,1H3,(H,17,18,19);/q;+1/p-1. The van der Waals surface area contributed by atoms with Crippen molar-refractivity contribution >= 4 is 21.5 Å². The largest absolute Gasteiger partial charge is 1.00 e. The molecule has 2 aromatic rings. The molecule has 0 amide bonds. The van der Waals surface area contributed by atoms with E-state index in [1.165, 1.54) is 36.4 Å². The van der Waals surface area contributed by atoms with Crippen molar-refractivity contribution in [2.45, 2.75) is 11.8 Å². The Morgan fingerprint density at radius 2 is 1.67 bits per heavy atom. The Morgan fingerprint density at radius 1 is 1.05 bits per heavy atom. The summed E-state index contributed by atoms with van der Waals surface area (Å²) in [5.74, 6) is -0.0982. The van der Waals surface area contributed by atoms with Crippen LogP contribution in [-0.2, 0) is 10.1 Å². The summed E-state index contributed by atoms with van der Waals surface area (Å²) < 4.78 is 30.6. The molecule has 0 fully saturated rings. The molecule has 0 radical (unpaired) electrons. The maximum Gasteiger partial charge on any atom is 1.00 e. The zero-order valence-corrected chi connectivity index (χ0v) is 14.3. The maximum absolute atomic E-state index is 11.1. The molecule has 0 bridgehead atoms. The number of azo groups is 1. The molecule has 21 heavy (non-hydrogen) atoms. The van der Waals surface area contributed by atoms with Gasteiger partial charge in [-0.05, 0) is 42.8 Å². The third kappa shape index (κ3) is 4.90. The van der Waals surface area contributed by atoms with Gasteiger partial charge in [0.1, 0.15) is 0 Å². The Kier molecular flexibility index (Phi) is 6.06. The molecule has 0 atom stereocenters. The van der Waals surface area contributed by atoms with Crippen LogP contribution in [0.3, 0.4) is 0 Å². The molecular formula is C13H11N2NaO4S. The Hall–Kier alpha value is -1.25. The van der Waals surface area contributed by atoms with Gasteiger partial charge in [0.2, 0.25) is 0 Å². The summed E-state index contributed by atoms with van der Waals surface area (Å²) in [7, 11) is -4.21. The molecule has 0 heterocycles. The smallest absolute Gasteiger partial charge is 0.872 e. The Balaban J connectivity index is 0.00000220. The van der Waals surface area contributed by atoms with E-state index in [1.54, 1.807) is 13.0 Å². The Labute approximate surface area is 144 Å². The van der Waals surface area contributed by atoms with Crippen molar-refractivity contribution in [3.8, 4) is 5.75 Å². The van der Waals surface area contributed by atoms with E-state index in [1.807, 2.05) is 0 Å². The SMILES string of the molecule is Cc1cc([O-])ccc1N=Nc1ccc(S(=O)(=O)O)cc1.[Na+]. The van der Waals surface area contributed by atoms with Crippen LogP contribution in [0, 0.1) is 6.92 Å². The van der Waals surface area contributed by atoms with Gasteiger partial charge in [-0.1, -0.05) is 12.1 Å². The summed E-state index contributed by atoms with van der Waals surface area (Å²) in [4.78, 5) is -0.205. The molecule has 0 saturated carbocycles. The molecule has 2 aromatic carbocycles. The van der Waals surface area contributed by atoms with Crippen LogP contribution in [0.1, 0.15) is 5.56 Å². The molecule has 6 nitrogen and oxygen atoms in total. The van der Waals surface area contributed by atoms with Gasteiger partial charge in [0.15, 0.2) is 0 Å². The van der Waals surface area contributed by atoms with E-state index in [4.69, 9.17) is 4.55 Å². The fraction of sp³-hybridized carbons (Fsp3) is 0.0769. The number of hydrogen-bond acceptors (Lipinski definition) is 5. The van der Waals surface area contributed by atoms with Crippen LogP contribution in [-0.4, -0.2) is 13.0 Å². The number of hydrogen-bond donors (Lipinski definition) is 1. The first-order valence-electron chi connectivity index (χ1n) is 5.63. The molecule has 0 saturated heterocycles. The number of benzene rings is 2. The monoisotopic (exact) mass is 314 g/mol. The van der Waals surface area contributed by atoms with Crippen LogP contribution < -0.4 is 34.7 Å². The average Bonchev–Trinajstić information content (AvgIpc) is 2.37. The number of rotatable bonds is 3. The van der Waals surface area contributed by atoms with Crippen LogP contribution in [0.2, 0.25) is 0 Å². The molecule has 0 aliphatic rings. The van der Waals surface area contributed by atoms with Crippen LogP contribution in [0.25, 0.3) is 0 Å². The Morgan fingerprint density at radius 3 is 2.19 bits per heavy atom. The quantitative estimate of drug-likeness (QED) is 0.479. The van der Waals surface area contributed by atoms with Crippen molar-refractivity contribution < 1.29 is 47.6 Å². The van der Waals surface area contributed by atoms with E-state index in [-0.39, 0.29) is 40.2 Å². The normalized spacial score (nSPS) is 11.3. The third-order valence-corrected chi connectivity index (χ3v) is 3.44. The number of nitrogens with zero attached hydrogens (tertiary/aromatic N) is 2. The third-order valence-electron chi connectivity index (χ3n) is 2.58. The summed E-state index contributed by atoms with van der Waals surface area (Å²) in [5.41, 5.74) is 1.70. The van der Waals surface area contributed by atoms with Gasteiger partial charge >= 0.3 is 29.6 Å². The molecule has 104 valence electrons. The van der Waals surface area contributed by atoms with Crippen molar-refractivity contribution in [3.63, 3.8) is 0 Å². The first-order valence-corrected chi connectivity index (χ1v) is 7.07. The number of aryl methyl sites for hydroxylation is 1. The summed E-state index contributed by atoms with van der Waals surface area (Å²) in [6, 6.07) is 9.72. The minimum Gasteiger partial charge on any atom is -0.872 e. The molecular weight excluding hydrogens is 303 g/mol. The molecule has 2 rings (SSSR count). The van der Waals surface area contributed by atoms with E-state index in [9.17, 15) is 13.5 Å². The molecule has 1 N–H and O–H groups in total. The van der Waals surface area contributed by atoms with E-state index < -0.39 is 10.1 Å². The second-order valence-corrected chi connectivity index (χ2v) is 5.54. The topological polar surface area (TPSA) is 102 Å². The van der Waals surface area contributed by atoms with Gasteiger partial charge in [-0.25, -0.2) is 0 Å². The molecule has 0 unspecified atom stereocenters. The average molecular weight is 314 g/mol. The van der Waals surface area contributed by atoms with Crippen LogP contribution >= 0.6 is 0 Å². The van der Waals surface area contributed by atoms with Gasteiger partial charge in [-0.2, -0.15) is 18.6 Å². The van der Waals surface area contributed by atoms with Crippen molar-refractivity contribution in [3.05, 3.63) is 48.0 Å². The van der Waals surface area contributed by atoms with E-state index in [2.05, 4.69) is 10.2 Å². The van der Waals surface area contributed by atoms with Crippen LogP contribution in [0.15, 0.2) is 57.6 Å². The van der Waals surface area contributed by atoms with Crippen LogP contribution in [0.5, 0.6) is 5.75 Å². The minimum atomic E-state index is -4.21. The maximum atomic E-state index is 11.1. The van der Waals surface area contributed by atoms with Gasteiger partial charge in [-0.15, -0.1) is 5.75 Å². The fourth-order valence-corrected chi connectivity index (χ4v) is 2.02. The van der Waals surface area contributed by atoms with E-state index in [0.29, 0.717) is 16.9 Å². The second kappa shape index (κ2) is 7.15. The van der Waals surface area contributed by atoms with E-state index in [0.717, 1.165) is 0 Å². The van der Waals surface area contributed by atoms with Gasteiger partial charge in [0.05, 0.1) is 16.3 Å². The minimum absolute atomic E-state index is 0. The molecule has 0 aliphatic carbocycles. The molecule has 0 aliphatic heterocycles. The summed E-state index contributed by atoms with van der Waals surface area (Å²) in [6.45, 7) is 1.75. The van der Waals surface area contributed by atoms with Crippen molar-refractivity contribution in [1.29, 1.82) is 0 Å². The van der Waals surface area contributed by atoms with Crippen molar-refractivity contribution in [2.24, 2.45) is 10.2 Å². The van der Waals surface area contributed by atoms with Gasteiger partial charge in [0.25, 0.3) is 10.1 Å². The predicted octanol–water partition coefficient (Wildman–Crippen LogP) is -0.265. The summed E-state index contributed by atoms with van der Waals surface area (Å²) in [5, 5.41) is 19.0. The zero-order valence-electron chi connectivity index (χ0n) is 11.5. The Bertz CT molecular complexity index is 758. The summed E-state index contributed by atoms with van der Waals surface area (Å²) in [6.07, 6.45) is 0. The summed E-state index contributed by atoms with van der Waals surface area (Å²) >= 11 is 0. The molecule has 8 heteroatoms. The van der Waals surface area contributed by atoms with Gasteiger partial charge in [-0.3, -0.25) is 4.55 Å². The van der Waals surface area contributed by atoms with Gasteiger partial charge < -0.3 is 5.11 Å². The molecule has 0 spiro atoms. The van der Waals surface area contributed by atoms with Gasteiger partial charge in [0, 0.05) is 0 Å². The predicted molar refractivity (Wildman–Crippen MR) is 71.1 cm³/mol. The van der Waals surface area contributed by atoms with Crippen LogP contribution in [0.4, 0.5) is 11.4 Å². The van der Waals surface area contributed by atoms with E-state index >= 15 is 0 Å². The zero-order chi connectivity index (χ0) is 14.8. The fourth-order valence-electron chi connectivity index (χ4n) is 1.54. The molecule has 0 aromatic heterocycles. The van der Waals surface area contributed by atoms with Crippen molar-refractivity contribution in [1.82, 2.24) is 0 Å².